The molecule has 0 aliphatic rings. The van der Waals surface area contributed by atoms with Crippen molar-refractivity contribution in [2.75, 3.05) is 0 Å². The van der Waals surface area contributed by atoms with Crippen LogP contribution in [0, 0.1) is 0 Å². The molecule has 3 atom stereocenters. The van der Waals surface area contributed by atoms with Gasteiger partial charge in [-0.15, -0.1) is 0 Å². The number of hydrogen-bond acceptors (Lipinski definition) is 5. The van der Waals surface area contributed by atoms with E-state index in [1.807, 2.05) is 0 Å². The van der Waals surface area contributed by atoms with Crippen LogP contribution in [-0.4, -0.2) is 41.4 Å². The molecule has 0 heterocycles. The van der Waals surface area contributed by atoms with Crippen molar-refractivity contribution < 1.29 is 19.5 Å². The number of nitrogens with two attached hydrogens (primary N) is 2. The van der Waals surface area contributed by atoms with Gasteiger partial charge in [0, 0.05) is 6.42 Å². The maximum Gasteiger partial charge on any atom is 0.240 e. The molecule has 7 nitrogen and oxygen atoms in total. The van der Waals surface area contributed by atoms with Crippen molar-refractivity contribution in [3.05, 3.63) is 0 Å². The first-order valence-electron chi connectivity index (χ1n) is 4.78. The Morgan fingerprint density at radius 2 is 2.06 bits per heavy atom. The van der Waals surface area contributed by atoms with Crippen LogP contribution in [0.25, 0.3) is 0 Å². The summed E-state index contributed by atoms with van der Waals surface area (Å²) in [5.41, 5.74) is 10.2. The lowest BCUT2D eigenvalue weighted by Crippen LogP contribution is -2.50. The summed E-state index contributed by atoms with van der Waals surface area (Å²) in [5.74, 6) is -1.25. The van der Waals surface area contributed by atoms with Crippen molar-refractivity contribution in [1.29, 1.82) is 0 Å². The number of nitrogens with one attached hydrogen (secondary N) is 1. The zero-order valence-electron chi connectivity index (χ0n) is 8.97. The van der Waals surface area contributed by atoms with Crippen LogP contribution in [0.15, 0.2) is 0 Å². The van der Waals surface area contributed by atoms with Crippen molar-refractivity contribution in [3.8, 4) is 0 Å². The molecule has 2 amide bonds. The van der Waals surface area contributed by atoms with E-state index in [0.717, 1.165) is 0 Å². The van der Waals surface area contributed by atoms with Gasteiger partial charge in [-0.2, -0.15) is 0 Å². The van der Waals surface area contributed by atoms with Crippen molar-refractivity contribution >= 4 is 18.1 Å². The first kappa shape index (κ1) is 14.5. The van der Waals surface area contributed by atoms with Crippen molar-refractivity contribution in [2.24, 2.45) is 11.5 Å². The minimum atomic E-state index is -1.12. The SMILES string of the molecule is CC(O)[C@@H](N)C(=O)N[C@@H]([C]=O)CCC(N)=O. The van der Waals surface area contributed by atoms with Gasteiger partial charge in [0.05, 0.1) is 12.1 Å². The molecule has 0 spiro atoms. The molecule has 1 radical (unpaired) electrons. The highest BCUT2D eigenvalue weighted by Crippen LogP contribution is 1.96. The number of rotatable bonds is 7. The smallest absolute Gasteiger partial charge is 0.240 e. The zero-order chi connectivity index (χ0) is 12.7. The van der Waals surface area contributed by atoms with Crippen LogP contribution < -0.4 is 16.8 Å². The molecule has 0 fully saturated rings. The number of carbonyl (C=O) groups is 2. The van der Waals surface area contributed by atoms with Crippen molar-refractivity contribution in [2.45, 2.75) is 38.0 Å². The number of aliphatic hydroxyl groups excluding tert-OH is 1. The highest BCUT2D eigenvalue weighted by Gasteiger charge is 2.22. The second-order valence-electron chi connectivity index (χ2n) is 3.45. The lowest BCUT2D eigenvalue weighted by Gasteiger charge is -2.17. The van der Waals surface area contributed by atoms with Crippen LogP contribution in [0.3, 0.4) is 0 Å². The third-order valence-electron chi connectivity index (χ3n) is 1.96. The van der Waals surface area contributed by atoms with Gasteiger partial charge < -0.3 is 21.9 Å². The summed E-state index contributed by atoms with van der Waals surface area (Å²) in [6.45, 7) is 1.35. The topological polar surface area (TPSA) is 136 Å². The molecule has 0 bridgehead atoms. The van der Waals surface area contributed by atoms with Gasteiger partial charge in [-0.3, -0.25) is 14.4 Å². The molecule has 0 aromatic rings. The van der Waals surface area contributed by atoms with E-state index in [0.29, 0.717) is 0 Å². The highest BCUT2D eigenvalue weighted by molar-refractivity contribution is 5.85. The average molecular weight is 230 g/mol. The lowest BCUT2D eigenvalue weighted by atomic mass is 10.1. The van der Waals surface area contributed by atoms with E-state index in [1.165, 1.54) is 6.92 Å². The summed E-state index contributed by atoms with van der Waals surface area (Å²) in [6, 6.07) is -2.06. The summed E-state index contributed by atoms with van der Waals surface area (Å²) < 4.78 is 0. The van der Waals surface area contributed by atoms with E-state index in [1.54, 1.807) is 6.29 Å². The molecule has 0 aliphatic carbocycles. The Kier molecular flexibility index (Phi) is 6.28. The number of primary amides is 1. The van der Waals surface area contributed by atoms with E-state index in [2.05, 4.69) is 5.32 Å². The van der Waals surface area contributed by atoms with Gasteiger partial charge >= 0.3 is 0 Å². The fraction of sp³-hybridized carbons (Fsp3) is 0.667. The van der Waals surface area contributed by atoms with Crippen LogP contribution in [-0.2, 0) is 14.4 Å². The summed E-state index contributed by atoms with van der Waals surface area (Å²) >= 11 is 0. The van der Waals surface area contributed by atoms with E-state index in [4.69, 9.17) is 16.6 Å². The molecule has 7 heteroatoms. The van der Waals surface area contributed by atoms with E-state index >= 15 is 0 Å². The van der Waals surface area contributed by atoms with Gasteiger partial charge in [0.15, 0.2) is 0 Å². The monoisotopic (exact) mass is 230 g/mol. The Labute approximate surface area is 93.2 Å². The minimum absolute atomic E-state index is 0.0376. The normalized spacial score (nSPS) is 15.9. The van der Waals surface area contributed by atoms with Gasteiger partial charge in [-0.25, -0.2) is 0 Å². The van der Waals surface area contributed by atoms with Crippen LogP contribution in [0.2, 0.25) is 0 Å². The van der Waals surface area contributed by atoms with Gasteiger partial charge in [0.1, 0.15) is 6.04 Å². The molecule has 91 valence electrons. The van der Waals surface area contributed by atoms with E-state index in [9.17, 15) is 14.4 Å². The van der Waals surface area contributed by atoms with Crippen LogP contribution in [0.4, 0.5) is 0 Å². The highest BCUT2D eigenvalue weighted by atomic mass is 16.3. The number of carbonyl (C=O) groups excluding carboxylic acids is 3. The summed E-state index contributed by atoms with van der Waals surface area (Å²) in [5, 5.41) is 11.3. The molecule has 0 aromatic heterocycles. The maximum atomic E-state index is 11.3. The molecule has 0 saturated heterocycles. The van der Waals surface area contributed by atoms with Gasteiger partial charge in [-0.1, -0.05) is 0 Å². The second-order valence-corrected chi connectivity index (χ2v) is 3.45. The molecule has 0 aromatic carbocycles. The Morgan fingerprint density at radius 3 is 2.44 bits per heavy atom. The van der Waals surface area contributed by atoms with Crippen LogP contribution >= 0.6 is 0 Å². The fourth-order valence-corrected chi connectivity index (χ4v) is 0.934. The number of amides is 2. The fourth-order valence-electron chi connectivity index (χ4n) is 0.934. The van der Waals surface area contributed by atoms with Gasteiger partial charge in [-0.05, 0) is 13.3 Å². The van der Waals surface area contributed by atoms with Crippen molar-refractivity contribution in [1.82, 2.24) is 5.32 Å². The standard InChI is InChI=1S/C9H16N3O4/c1-5(14)8(11)9(16)12-6(4-13)2-3-7(10)15/h5-6,8,14H,2-3,11H2,1H3,(H2,10,15)(H,12,16)/t5?,6-,8-/m1/s1. The summed E-state index contributed by atoms with van der Waals surface area (Å²) in [4.78, 5) is 32.2. The molecule has 0 saturated carbocycles. The predicted molar refractivity (Wildman–Crippen MR) is 55.7 cm³/mol. The van der Waals surface area contributed by atoms with Crippen LogP contribution in [0.1, 0.15) is 19.8 Å². The largest absolute Gasteiger partial charge is 0.391 e. The average Bonchev–Trinajstić information content (AvgIpc) is 2.22. The van der Waals surface area contributed by atoms with Gasteiger partial charge in [0.25, 0.3) is 0 Å². The van der Waals surface area contributed by atoms with Crippen molar-refractivity contribution in [3.63, 3.8) is 0 Å². The summed E-state index contributed by atoms with van der Waals surface area (Å²) in [7, 11) is 0. The molecule has 0 rings (SSSR count). The van der Waals surface area contributed by atoms with Gasteiger partial charge in [0.2, 0.25) is 18.1 Å². The van der Waals surface area contributed by atoms with E-state index in [-0.39, 0.29) is 12.8 Å². The maximum absolute atomic E-state index is 11.3. The summed E-state index contributed by atoms with van der Waals surface area (Å²) in [6.07, 6.45) is 0.560. The molecular formula is C9H16N3O4. The third kappa shape index (κ3) is 5.42. The molecule has 6 N–H and O–H groups in total. The Balaban J connectivity index is 4.16. The van der Waals surface area contributed by atoms with E-state index < -0.39 is 30.0 Å². The first-order valence-corrected chi connectivity index (χ1v) is 4.78. The minimum Gasteiger partial charge on any atom is -0.391 e. The zero-order valence-corrected chi connectivity index (χ0v) is 8.97. The molecule has 0 aliphatic heterocycles. The molecular weight excluding hydrogens is 214 g/mol. The first-order chi connectivity index (χ1) is 7.38. The van der Waals surface area contributed by atoms with Crippen LogP contribution in [0.5, 0.6) is 0 Å². The number of hydrogen-bond donors (Lipinski definition) is 4. The molecule has 1 unspecified atom stereocenters. The Hall–Kier alpha value is -1.47. The molecule has 16 heavy (non-hydrogen) atoms. The third-order valence-corrected chi connectivity index (χ3v) is 1.96. The number of aliphatic hydroxyl groups is 1. The Morgan fingerprint density at radius 1 is 1.50 bits per heavy atom. The quantitative estimate of drug-likeness (QED) is 0.385. The second kappa shape index (κ2) is 6.91. The lowest BCUT2D eigenvalue weighted by molar-refractivity contribution is -0.125. The Bertz CT molecular complexity index is 267. The predicted octanol–water partition coefficient (Wildman–Crippen LogP) is -2.45.